The number of ether oxygens (including phenoxy) is 1. The average Bonchev–Trinajstić information content (AvgIpc) is 3.60. The minimum atomic E-state index is -3.71. The number of hydrogen-bond acceptors (Lipinski definition) is 7. The van der Waals surface area contributed by atoms with Crippen LogP contribution in [0.3, 0.4) is 0 Å². The summed E-state index contributed by atoms with van der Waals surface area (Å²) in [5, 5.41) is 15.0. The number of carbonyl (C=O) groups excluding carboxylic acids is 1. The molecule has 3 N–H and O–H groups in total. The molecule has 2 aromatic heterocycles. The van der Waals surface area contributed by atoms with E-state index >= 15 is 0 Å². The van der Waals surface area contributed by atoms with E-state index in [1.165, 1.54) is 13.1 Å². The summed E-state index contributed by atoms with van der Waals surface area (Å²) in [6.07, 6.45) is 5.28. The minimum Gasteiger partial charge on any atom is -0.484 e. The Bertz CT molecular complexity index is 1880. The number of pyridine rings is 1. The number of nitrogens with one attached hydrogen (secondary N) is 3. The molecule has 3 heterocycles. The molecule has 1 aliphatic carbocycles. The van der Waals surface area contributed by atoms with Crippen LogP contribution in [0.25, 0.3) is 5.65 Å². The third-order valence-corrected chi connectivity index (χ3v) is 10.9. The molecule has 3 atom stereocenters. The Hall–Kier alpha value is -4.00. The quantitative estimate of drug-likeness (QED) is 0.237. The molecule has 0 unspecified atom stereocenters. The van der Waals surface area contributed by atoms with Crippen LogP contribution in [0.15, 0.2) is 65.7 Å². The highest BCUT2D eigenvalue weighted by Crippen LogP contribution is 2.40. The molecule has 0 bridgehead atoms. The number of amides is 2. The molecule has 2 aromatic carbocycles. The molecule has 244 valence electrons. The van der Waals surface area contributed by atoms with Gasteiger partial charge in [-0.1, -0.05) is 45.0 Å². The number of carbonyl (C=O) groups is 1. The molecular formula is C34H43N7O4S. The maximum Gasteiger partial charge on any atom is 0.319 e. The van der Waals surface area contributed by atoms with E-state index in [1.54, 1.807) is 6.07 Å². The van der Waals surface area contributed by atoms with Gasteiger partial charge in [0.2, 0.25) is 10.0 Å². The first-order chi connectivity index (χ1) is 21.8. The van der Waals surface area contributed by atoms with Crippen LogP contribution in [-0.4, -0.2) is 54.6 Å². The van der Waals surface area contributed by atoms with Crippen LogP contribution < -0.4 is 20.1 Å². The summed E-state index contributed by atoms with van der Waals surface area (Å²) in [5.74, 6) is 1.64. The summed E-state index contributed by atoms with van der Waals surface area (Å²) in [6.45, 7) is 9.23. The van der Waals surface area contributed by atoms with Crippen molar-refractivity contribution in [2.45, 2.75) is 81.4 Å². The fraction of sp³-hybridized carbons (Fsp3) is 0.441. The number of hydrogen-bond donors (Lipinski definition) is 3. The van der Waals surface area contributed by atoms with Crippen molar-refractivity contribution in [3.8, 4) is 5.75 Å². The van der Waals surface area contributed by atoms with Gasteiger partial charge in [-0.15, -0.1) is 10.2 Å². The lowest BCUT2D eigenvalue weighted by atomic mass is 9.85. The van der Waals surface area contributed by atoms with Gasteiger partial charge in [0.05, 0.1) is 22.7 Å². The highest BCUT2D eigenvalue weighted by atomic mass is 32.2. The van der Waals surface area contributed by atoms with E-state index in [0.29, 0.717) is 18.5 Å². The number of benzene rings is 2. The molecule has 4 aromatic rings. The number of sulfonamides is 1. The zero-order chi connectivity index (χ0) is 32.9. The van der Waals surface area contributed by atoms with Gasteiger partial charge in [0.1, 0.15) is 11.9 Å². The lowest BCUT2D eigenvalue weighted by Gasteiger charge is -2.32. The first kappa shape index (κ1) is 32.0. The Labute approximate surface area is 270 Å². The van der Waals surface area contributed by atoms with Crippen molar-refractivity contribution in [2.24, 2.45) is 0 Å². The van der Waals surface area contributed by atoms with Crippen LogP contribution in [0.1, 0.15) is 88.0 Å². The van der Waals surface area contributed by atoms with Crippen molar-refractivity contribution in [3.63, 3.8) is 0 Å². The Balaban J connectivity index is 1.21. The molecule has 11 nitrogen and oxygen atoms in total. The molecular weight excluding hydrogens is 602 g/mol. The van der Waals surface area contributed by atoms with Crippen LogP contribution in [0, 0.1) is 0 Å². The molecule has 0 saturated carbocycles. The fourth-order valence-corrected chi connectivity index (χ4v) is 7.38. The molecule has 2 amide bonds. The minimum absolute atomic E-state index is 0.0990. The third kappa shape index (κ3) is 6.08. The van der Waals surface area contributed by atoms with Gasteiger partial charge in [-0.2, -0.15) is 0 Å². The van der Waals surface area contributed by atoms with Gasteiger partial charge in [0.25, 0.3) is 0 Å². The monoisotopic (exact) mass is 645 g/mol. The van der Waals surface area contributed by atoms with E-state index in [9.17, 15) is 13.2 Å². The van der Waals surface area contributed by atoms with Gasteiger partial charge < -0.3 is 15.4 Å². The van der Waals surface area contributed by atoms with Crippen LogP contribution in [-0.2, 0) is 21.0 Å². The second-order valence-electron chi connectivity index (χ2n) is 13.6. The number of nitrogens with zero attached hydrogens (tertiary/aromatic N) is 4. The molecule has 0 radical (unpaired) electrons. The van der Waals surface area contributed by atoms with Crippen molar-refractivity contribution in [2.75, 3.05) is 26.0 Å². The number of rotatable bonds is 7. The van der Waals surface area contributed by atoms with E-state index in [4.69, 9.17) is 4.74 Å². The van der Waals surface area contributed by atoms with Gasteiger partial charge in [-0.25, -0.2) is 17.9 Å². The second kappa shape index (κ2) is 12.0. The summed E-state index contributed by atoms with van der Waals surface area (Å²) in [4.78, 5) is 15.7. The smallest absolute Gasteiger partial charge is 0.319 e. The van der Waals surface area contributed by atoms with Gasteiger partial charge in [0, 0.05) is 5.69 Å². The molecule has 46 heavy (non-hydrogen) atoms. The van der Waals surface area contributed by atoms with E-state index in [0.717, 1.165) is 53.3 Å². The summed E-state index contributed by atoms with van der Waals surface area (Å²) >= 11 is 0. The van der Waals surface area contributed by atoms with Crippen LogP contribution >= 0.6 is 0 Å². The van der Waals surface area contributed by atoms with Crippen molar-refractivity contribution < 1.29 is 17.9 Å². The number of aromatic nitrogens is 3. The highest BCUT2D eigenvalue weighted by Gasteiger charge is 2.40. The van der Waals surface area contributed by atoms with Gasteiger partial charge in [-0.05, 0) is 106 Å². The third-order valence-electron chi connectivity index (χ3n) is 9.49. The lowest BCUT2D eigenvalue weighted by Crippen LogP contribution is -2.37. The molecule has 1 fully saturated rings. The molecule has 0 spiro atoms. The first-order valence-electron chi connectivity index (χ1n) is 15.8. The normalized spacial score (nSPS) is 22.0. The Kier molecular flexibility index (Phi) is 8.32. The van der Waals surface area contributed by atoms with Crippen LogP contribution in [0.2, 0.25) is 0 Å². The molecule has 6 rings (SSSR count). The highest BCUT2D eigenvalue weighted by molar-refractivity contribution is 7.89. The average molecular weight is 646 g/mol. The van der Waals surface area contributed by atoms with E-state index < -0.39 is 16.1 Å². The number of urea groups is 1. The van der Waals surface area contributed by atoms with E-state index in [2.05, 4.69) is 44.4 Å². The lowest BCUT2D eigenvalue weighted by molar-refractivity contribution is 0.170. The maximum absolute atomic E-state index is 13.3. The van der Waals surface area contributed by atoms with Gasteiger partial charge >= 0.3 is 6.03 Å². The van der Waals surface area contributed by atoms with Crippen LogP contribution in [0.4, 0.5) is 10.5 Å². The molecule has 1 aliphatic heterocycles. The Morgan fingerprint density at radius 2 is 1.80 bits per heavy atom. The topological polar surface area (TPSA) is 130 Å². The fourth-order valence-electron chi connectivity index (χ4n) is 6.58. The molecule has 2 aliphatic rings. The number of anilines is 1. The predicted octanol–water partition coefficient (Wildman–Crippen LogP) is 5.65. The van der Waals surface area contributed by atoms with Crippen LogP contribution in [0.5, 0.6) is 5.75 Å². The standard InChI is InChI=1S/C34H43N7O4S/c1-33(2,3)22-18-23(20-25(19-22)46(43,44)35-5)36-32(42)37-28-13-14-29(27-11-8-7-10-26(27)28)45-24-12-15-30-38-39-31(41(30)21-24)34(4)16-9-17-40(34)6/h7-8,10-12,15,18-21,28-29,35H,9,13-14,16-17H2,1-6H3,(H2,36,37,42)/t28-,29+,34-/m0/s1. The Morgan fingerprint density at radius 3 is 2.50 bits per heavy atom. The zero-order valence-electron chi connectivity index (χ0n) is 27.3. The van der Waals surface area contributed by atoms with Gasteiger partial charge in [-0.3, -0.25) is 9.30 Å². The first-order valence-corrected chi connectivity index (χ1v) is 17.3. The maximum atomic E-state index is 13.3. The van der Waals surface area contributed by atoms with E-state index in [1.807, 2.05) is 73.8 Å². The number of likely N-dealkylation sites (tertiary alicyclic amines) is 1. The summed E-state index contributed by atoms with van der Waals surface area (Å²) in [7, 11) is -0.203. The SMILES string of the molecule is CNS(=O)(=O)c1cc(NC(=O)N[C@H]2CC[C@@H](Oc3ccc4nnc([C@]5(C)CCCN5C)n4c3)c3ccccc32)cc(C(C)(C)C)c1. The summed E-state index contributed by atoms with van der Waals surface area (Å²) < 4.78 is 36.3. The van der Waals surface area contributed by atoms with Crippen molar-refractivity contribution >= 4 is 27.4 Å². The predicted molar refractivity (Wildman–Crippen MR) is 178 cm³/mol. The van der Waals surface area contributed by atoms with E-state index in [-0.39, 0.29) is 28.0 Å². The second-order valence-corrected chi connectivity index (χ2v) is 15.5. The largest absolute Gasteiger partial charge is 0.484 e. The summed E-state index contributed by atoms with van der Waals surface area (Å²) in [6, 6.07) is 16.2. The zero-order valence-corrected chi connectivity index (χ0v) is 28.1. The van der Waals surface area contributed by atoms with Crippen molar-refractivity contribution in [1.82, 2.24) is 29.5 Å². The number of fused-ring (bicyclic) bond motifs is 2. The molecule has 12 heteroatoms. The van der Waals surface area contributed by atoms with Crippen molar-refractivity contribution in [3.05, 3.63) is 83.3 Å². The van der Waals surface area contributed by atoms with Gasteiger partial charge in [0.15, 0.2) is 11.5 Å². The Morgan fingerprint density at radius 1 is 1.04 bits per heavy atom. The van der Waals surface area contributed by atoms with Crippen molar-refractivity contribution in [1.29, 1.82) is 0 Å². The molecule has 1 saturated heterocycles. The summed E-state index contributed by atoms with van der Waals surface area (Å²) in [5.41, 5.74) is 3.48.